The predicted molar refractivity (Wildman–Crippen MR) is 79.6 cm³/mol. The lowest BCUT2D eigenvalue weighted by Crippen LogP contribution is -2.32. The molecule has 18 heavy (non-hydrogen) atoms. The summed E-state index contributed by atoms with van der Waals surface area (Å²) in [5.41, 5.74) is 1.93. The average molecular weight is 360 g/mol. The summed E-state index contributed by atoms with van der Waals surface area (Å²) in [7, 11) is 0. The van der Waals surface area contributed by atoms with Crippen molar-refractivity contribution < 1.29 is 9.90 Å². The summed E-state index contributed by atoms with van der Waals surface area (Å²) in [6.07, 6.45) is 0.480. The molecule has 1 saturated heterocycles. The molecule has 0 radical (unpaired) electrons. The van der Waals surface area contributed by atoms with Crippen molar-refractivity contribution in [2.75, 3.05) is 25.0 Å². The van der Waals surface area contributed by atoms with Crippen LogP contribution in [0.15, 0.2) is 18.2 Å². The number of aliphatic hydroxyl groups is 1. The summed E-state index contributed by atoms with van der Waals surface area (Å²) in [6, 6.07) is 5.94. The Morgan fingerprint density at radius 2 is 2.39 bits per heavy atom. The van der Waals surface area contributed by atoms with Crippen molar-refractivity contribution in [2.45, 2.75) is 19.4 Å². The molecule has 0 spiro atoms. The first kappa shape index (κ1) is 13.8. The van der Waals surface area contributed by atoms with Gasteiger partial charge in [-0.2, -0.15) is 0 Å². The molecule has 1 aliphatic heterocycles. The molecule has 2 N–H and O–H groups in total. The zero-order valence-corrected chi connectivity index (χ0v) is 12.5. The van der Waals surface area contributed by atoms with Gasteiger partial charge in [0.15, 0.2) is 0 Å². The van der Waals surface area contributed by atoms with Crippen molar-refractivity contribution in [1.82, 2.24) is 4.90 Å². The Labute approximate surface area is 121 Å². The van der Waals surface area contributed by atoms with Crippen LogP contribution in [0.25, 0.3) is 0 Å². The van der Waals surface area contributed by atoms with Crippen molar-refractivity contribution >= 4 is 34.2 Å². The second kappa shape index (κ2) is 5.99. The number of aryl methyl sites for hydroxylation is 1. The first-order valence-electron chi connectivity index (χ1n) is 6.01. The number of carbonyl (C=O) groups excluding carboxylic acids is 1. The Morgan fingerprint density at radius 1 is 1.61 bits per heavy atom. The normalized spacial score (nSPS) is 20.1. The van der Waals surface area contributed by atoms with Gasteiger partial charge in [0, 0.05) is 22.3 Å². The minimum atomic E-state index is -0.280. The lowest BCUT2D eigenvalue weighted by Gasteiger charge is -2.15. The minimum absolute atomic E-state index is 0.0200. The molecule has 98 valence electrons. The Hall–Kier alpha value is -0.660. The van der Waals surface area contributed by atoms with Gasteiger partial charge in [-0.05, 0) is 59.7 Å². The second-order valence-corrected chi connectivity index (χ2v) is 5.93. The molecule has 5 heteroatoms. The van der Waals surface area contributed by atoms with Gasteiger partial charge in [-0.1, -0.05) is 0 Å². The Balaban J connectivity index is 1.91. The molecule has 1 aromatic carbocycles. The zero-order valence-electron chi connectivity index (χ0n) is 10.3. The van der Waals surface area contributed by atoms with Crippen LogP contribution in [0.3, 0.4) is 0 Å². The minimum Gasteiger partial charge on any atom is -0.392 e. The van der Waals surface area contributed by atoms with Crippen LogP contribution in [-0.4, -0.2) is 41.7 Å². The van der Waals surface area contributed by atoms with Crippen LogP contribution in [0.1, 0.15) is 12.0 Å². The molecule has 4 nitrogen and oxygen atoms in total. The Bertz CT molecular complexity index is 451. The maximum absolute atomic E-state index is 11.9. The highest BCUT2D eigenvalue weighted by Crippen LogP contribution is 2.18. The molecule has 0 bridgehead atoms. The maximum Gasteiger partial charge on any atom is 0.238 e. The molecule has 1 unspecified atom stereocenters. The molecule has 1 aliphatic rings. The molecule has 1 atom stereocenters. The average Bonchev–Trinajstić information content (AvgIpc) is 2.68. The maximum atomic E-state index is 11.9. The number of likely N-dealkylation sites (tertiary alicyclic amines) is 1. The van der Waals surface area contributed by atoms with E-state index in [1.165, 1.54) is 0 Å². The van der Waals surface area contributed by atoms with E-state index in [0.29, 0.717) is 13.1 Å². The molecular formula is C13H17IN2O2. The standard InChI is InChI=1S/C13H17IN2O2/c1-9-6-10(14)2-3-12(9)15-13(18)8-16-5-4-11(17)7-16/h2-3,6,11,17H,4-5,7-8H2,1H3,(H,15,18). The van der Waals surface area contributed by atoms with E-state index in [9.17, 15) is 9.90 Å². The quantitative estimate of drug-likeness (QED) is 0.806. The van der Waals surface area contributed by atoms with Gasteiger partial charge >= 0.3 is 0 Å². The van der Waals surface area contributed by atoms with Crippen molar-refractivity contribution in [3.8, 4) is 0 Å². The highest BCUT2D eigenvalue weighted by atomic mass is 127. The monoisotopic (exact) mass is 360 g/mol. The van der Waals surface area contributed by atoms with Crippen molar-refractivity contribution in [2.24, 2.45) is 0 Å². The van der Waals surface area contributed by atoms with E-state index < -0.39 is 0 Å². The first-order chi connectivity index (χ1) is 8.54. The summed E-state index contributed by atoms with van der Waals surface area (Å²) in [5.74, 6) is -0.0200. The fourth-order valence-corrected chi connectivity index (χ4v) is 2.76. The van der Waals surface area contributed by atoms with Crippen LogP contribution < -0.4 is 5.32 Å². The number of halogens is 1. The lowest BCUT2D eigenvalue weighted by atomic mass is 10.2. The summed E-state index contributed by atoms with van der Waals surface area (Å²) < 4.78 is 1.16. The number of nitrogens with zero attached hydrogens (tertiary/aromatic N) is 1. The van der Waals surface area contributed by atoms with E-state index in [1.807, 2.05) is 30.0 Å². The van der Waals surface area contributed by atoms with Gasteiger partial charge < -0.3 is 10.4 Å². The number of rotatable bonds is 3. The van der Waals surface area contributed by atoms with Crippen LogP contribution in [-0.2, 0) is 4.79 Å². The number of carbonyl (C=O) groups is 1. The summed E-state index contributed by atoms with van der Waals surface area (Å²) in [4.78, 5) is 13.9. The zero-order chi connectivity index (χ0) is 13.1. The van der Waals surface area contributed by atoms with E-state index in [1.54, 1.807) is 0 Å². The number of hydrogen-bond acceptors (Lipinski definition) is 3. The second-order valence-electron chi connectivity index (χ2n) is 4.69. The van der Waals surface area contributed by atoms with Gasteiger partial charge in [-0.25, -0.2) is 0 Å². The molecule has 1 fully saturated rings. The SMILES string of the molecule is Cc1cc(I)ccc1NC(=O)CN1CCC(O)C1. The third-order valence-corrected chi connectivity index (χ3v) is 3.75. The summed E-state index contributed by atoms with van der Waals surface area (Å²) in [6.45, 7) is 3.72. The summed E-state index contributed by atoms with van der Waals surface area (Å²) >= 11 is 2.25. The van der Waals surface area contributed by atoms with Gasteiger partial charge in [0.25, 0.3) is 0 Å². The molecule has 2 rings (SSSR count). The van der Waals surface area contributed by atoms with E-state index in [0.717, 1.165) is 27.8 Å². The molecule has 0 aromatic heterocycles. The number of hydrogen-bond donors (Lipinski definition) is 2. The van der Waals surface area contributed by atoms with Crippen LogP contribution in [0.5, 0.6) is 0 Å². The number of anilines is 1. The Kier molecular flexibility index (Phi) is 4.58. The van der Waals surface area contributed by atoms with Crippen molar-refractivity contribution in [3.05, 3.63) is 27.3 Å². The topological polar surface area (TPSA) is 52.6 Å². The van der Waals surface area contributed by atoms with Crippen LogP contribution in [0.2, 0.25) is 0 Å². The van der Waals surface area contributed by atoms with Gasteiger partial charge in [-0.3, -0.25) is 9.69 Å². The van der Waals surface area contributed by atoms with Crippen molar-refractivity contribution in [1.29, 1.82) is 0 Å². The molecule has 0 saturated carbocycles. The summed E-state index contributed by atoms with van der Waals surface area (Å²) in [5, 5.41) is 12.3. The van der Waals surface area contributed by atoms with Gasteiger partial charge in [0.05, 0.1) is 12.6 Å². The van der Waals surface area contributed by atoms with E-state index >= 15 is 0 Å². The molecular weight excluding hydrogens is 343 g/mol. The number of aliphatic hydroxyl groups excluding tert-OH is 1. The van der Waals surface area contributed by atoms with E-state index in [-0.39, 0.29) is 12.0 Å². The van der Waals surface area contributed by atoms with Crippen LogP contribution in [0, 0.1) is 10.5 Å². The number of β-amino-alcohol motifs (C(OH)–C–C–N with tert-alkyl or cyclic N) is 1. The number of nitrogens with one attached hydrogen (secondary N) is 1. The number of amides is 1. The van der Waals surface area contributed by atoms with E-state index in [2.05, 4.69) is 27.9 Å². The Morgan fingerprint density at radius 3 is 3.00 bits per heavy atom. The number of benzene rings is 1. The smallest absolute Gasteiger partial charge is 0.238 e. The fraction of sp³-hybridized carbons (Fsp3) is 0.462. The van der Waals surface area contributed by atoms with Gasteiger partial charge in [0.2, 0.25) is 5.91 Å². The highest BCUT2D eigenvalue weighted by molar-refractivity contribution is 14.1. The third kappa shape index (κ3) is 3.66. The highest BCUT2D eigenvalue weighted by Gasteiger charge is 2.22. The van der Waals surface area contributed by atoms with Crippen LogP contribution in [0.4, 0.5) is 5.69 Å². The van der Waals surface area contributed by atoms with Gasteiger partial charge in [0.1, 0.15) is 0 Å². The molecule has 0 aliphatic carbocycles. The molecule has 1 heterocycles. The van der Waals surface area contributed by atoms with E-state index in [4.69, 9.17) is 0 Å². The lowest BCUT2D eigenvalue weighted by molar-refractivity contribution is -0.117. The first-order valence-corrected chi connectivity index (χ1v) is 7.09. The van der Waals surface area contributed by atoms with Gasteiger partial charge in [-0.15, -0.1) is 0 Å². The largest absolute Gasteiger partial charge is 0.392 e. The van der Waals surface area contributed by atoms with Crippen molar-refractivity contribution in [3.63, 3.8) is 0 Å². The third-order valence-electron chi connectivity index (χ3n) is 3.08. The molecule has 1 aromatic rings. The van der Waals surface area contributed by atoms with Crippen LogP contribution >= 0.6 is 22.6 Å². The fourth-order valence-electron chi connectivity index (χ4n) is 2.12. The molecule has 1 amide bonds. The predicted octanol–water partition coefficient (Wildman–Crippen LogP) is 1.60.